The molecule has 0 saturated carbocycles. The summed E-state index contributed by atoms with van der Waals surface area (Å²) in [5.74, 6) is 1.85. The Bertz CT molecular complexity index is 863. The molecule has 122 valence electrons. The average Bonchev–Trinajstić information content (AvgIpc) is 3.09. The molecular weight excluding hydrogens is 312 g/mol. The number of methoxy groups -OCH3 is 1. The lowest BCUT2D eigenvalue weighted by Gasteiger charge is -2.04. The van der Waals surface area contributed by atoms with Gasteiger partial charge < -0.3 is 9.47 Å². The standard InChI is InChI=1S/C16H14N4O4/c1-23-12-6-4-5-11(9-12)16-17-15(18-19-16)10-24-14-8-3-2-7-13(14)20(21)22/h2-9H,10H2,1H3,(H,17,18,19). The molecule has 1 aromatic heterocycles. The average molecular weight is 326 g/mol. The summed E-state index contributed by atoms with van der Waals surface area (Å²) in [7, 11) is 1.59. The number of nitro groups is 1. The van der Waals surface area contributed by atoms with Gasteiger partial charge in [0.2, 0.25) is 0 Å². The molecule has 24 heavy (non-hydrogen) atoms. The zero-order chi connectivity index (χ0) is 16.9. The van der Waals surface area contributed by atoms with E-state index in [9.17, 15) is 10.1 Å². The molecule has 8 heteroatoms. The highest BCUT2D eigenvalue weighted by Crippen LogP contribution is 2.26. The first-order chi connectivity index (χ1) is 11.7. The van der Waals surface area contributed by atoms with Crippen LogP contribution in [0.5, 0.6) is 11.5 Å². The van der Waals surface area contributed by atoms with E-state index in [1.807, 2.05) is 24.3 Å². The molecule has 1 N–H and O–H groups in total. The van der Waals surface area contributed by atoms with E-state index in [-0.39, 0.29) is 18.0 Å². The third-order valence-electron chi connectivity index (χ3n) is 3.29. The highest BCUT2D eigenvalue weighted by Gasteiger charge is 2.14. The van der Waals surface area contributed by atoms with Gasteiger partial charge in [-0.05, 0) is 18.2 Å². The SMILES string of the molecule is COc1cccc(-c2n[nH]c(COc3ccccc3[N+](=O)[O-])n2)c1. The third-order valence-corrected chi connectivity index (χ3v) is 3.29. The van der Waals surface area contributed by atoms with Crippen molar-refractivity contribution in [2.24, 2.45) is 0 Å². The number of nitrogens with zero attached hydrogens (tertiary/aromatic N) is 3. The number of hydrogen-bond donors (Lipinski definition) is 1. The van der Waals surface area contributed by atoms with Crippen molar-refractivity contribution in [3.8, 4) is 22.9 Å². The topological polar surface area (TPSA) is 103 Å². The molecule has 3 rings (SSSR count). The molecule has 8 nitrogen and oxygen atoms in total. The van der Waals surface area contributed by atoms with Gasteiger partial charge in [-0.2, -0.15) is 5.10 Å². The zero-order valence-electron chi connectivity index (χ0n) is 12.8. The molecule has 2 aromatic carbocycles. The van der Waals surface area contributed by atoms with E-state index in [1.54, 1.807) is 19.2 Å². The number of aromatic amines is 1. The monoisotopic (exact) mass is 326 g/mol. The summed E-state index contributed by atoms with van der Waals surface area (Å²) in [5, 5.41) is 17.9. The van der Waals surface area contributed by atoms with E-state index in [1.165, 1.54) is 12.1 Å². The summed E-state index contributed by atoms with van der Waals surface area (Å²) in [4.78, 5) is 14.8. The second-order valence-electron chi connectivity index (χ2n) is 4.85. The highest BCUT2D eigenvalue weighted by molar-refractivity contribution is 5.57. The summed E-state index contributed by atoms with van der Waals surface area (Å²) in [6, 6.07) is 13.5. The summed E-state index contributed by atoms with van der Waals surface area (Å²) >= 11 is 0. The molecule has 0 atom stereocenters. The van der Waals surface area contributed by atoms with Crippen molar-refractivity contribution in [1.82, 2.24) is 15.2 Å². The van der Waals surface area contributed by atoms with Gasteiger partial charge in [0.05, 0.1) is 12.0 Å². The molecule has 0 aliphatic rings. The Morgan fingerprint density at radius 1 is 1.21 bits per heavy atom. The highest BCUT2D eigenvalue weighted by atomic mass is 16.6. The number of aromatic nitrogens is 3. The van der Waals surface area contributed by atoms with E-state index in [2.05, 4.69) is 15.2 Å². The quantitative estimate of drug-likeness (QED) is 0.552. The maximum atomic E-state index is 11.0. The molecule has 0 fully saturated rings. The minimum Gasteiger partial charge on any atom is -0.497 e. The van der Waals surface area contributed by atoms with Crippen LogP contribution < -0.4 is 9.47 Å². The fourth-order valence-electron chi connectivity index (χ4n) is 2.13. The van der Waals surface area contributed by atoms with Gasteiger partial charge >= 0.3 is 5.69 Å². The van der Waals surface area contributed by atoms with Crippen molar-refractivity contribution in [3.63, 3.8) is 0 Å². The van der Waals surface area contributed by atoms with E-state index < -0.39 is 4.92 Å². The molecular formula is C16H14N4O4. The second kappa shape index (κ2) is 6.78. The van der Waals surface area contributed by atoms with Crippen LogP contribution in [-0.4, -0.2) is 27.2 Å². The predicted octanol–water partition coefficient (Wildman–Crippen LogP) is 2.97. The smallest absolute Gasteiger partial charge is 0.310 e. The molecule has 0 unspecified atom stereocenters. The largest absolute Gasteiger partial charge is 0.497 e. The normalized spacial score (nSPS) is 10.4. The third kappa shape index (κ3) is 3.32. The van der Waals surface area contributed by atoms with E-state index in [4.69, 9.17) is 9.47 Å². The van der Waals surface area contributed by atoms with Crippen LogP contribution >= 0.6 is 0 Å². The first kappa shape index (κ1) is 15.5. The molecule has 0 bridgehead atoms. The molecule has 0 spiro atoms. The lowest BCUT2D eigenvalue weighted by molar-refractivity contribution is -0.385. The molecule has 0 aliphatic carbocycles. The van der Waals surface area contributed by atoms with Crippen LogP contribution in [0.15, 0.2) is 48.5 Å². The number of rotatable bonds is 6. The van der Waals surface area contributed by atoms with Crippen LogP contribution in [0.2, 0.25) is 0 Å². The van der Waals surface area contributed by atoms with Crippen LogP contribution in [0.25, 0.3) is 11.4 Å². The Labute approximate surface area is 137 Å². The number of ether oxygens (including phenoxy) is 2. The number of H-pyrrole nitrogens is 1. The molecule has 0 radical (unpaired) electrons. The zero-order valence-corrected chi connectivity index (χ0v) is 12.8. The summed E-state index contributed by atoms with van der Waals surface area (Å²) < 4.78 is 10.6. The fourth-order valence-corrected chi connectivity index (χ4v) is 2.13. The summed E-state index contributed by atoms with van der Waals surface area (Å²) in [5.41, 5.74) is 0.701. The van der Waals surface area contributed by atoms with E-state index in [0.29, 0.717) is 17.4 Å². The lowest BCUT2D eigenvalue weighted by atomic mass is 10.2. The number of benzene rings is 2. The molecule has 0 aliphatic heterocycles. The predicted molar refractivity (Wildman–Crippen MR) is 85.8 cm³/mol. The maximum Gasteiger partial charge on any atom is 0.310 e. The second-order valence-corrected chi connectivity index (χ2v) is 4.85. The van der Waals surface area contributed by atoms with Gasteiger partial charge in [0, 0.05) is 11.6 Å². The Hall–Kier alpha value is -3.42. The van der Waals surface area contributed by atoms with Crippen LogP contribution in [0.1, 0.15) is 5.82 Å². The summed E-state index contributed by atoms with van der Waals surface area (Å²) in [6.07, 6.45) is 0. The Morgan fingerprint density at radius 2 is 2.04 bits per heavy atom. The molecule has 0 saturated heterocycles. The minimum atomic E-state index is -0.489. The van der Waals surface area contributed by atoms with Crippen LogP contribution in [0.4, 0.5) is 5.69 Å². The number of nitrogens with one attached hydrogen (secondary N) is 1. The molecule has 3 aromatic rings. The molecule has 0 amide bonds. The minimum absolute atomic E-state index is 0.0435. The van der Waals surface area contributed by atoms with Crippen LogP contribution in [-0.2, 0) is 6.61 Å². The van der Waals surface area contributed by atoms with Crippen molar-refractivity contribution in [3.05, 3.63) is 64.5 Å². The van der Waals surface area contributed by atoms with Crippen LogP contribution in [0, 0.1) is 10.1 Å². The van der Waals surface area contributed by atoms with Crippen molar-refractivity contribution in [2.45, 2.75) is 6.61 Å². The van der Waals surface area contributed by atoms with Crippen molar-refractivity contribution < 1.29 is 14.4 Å². The van der Waals surface area contributed by atoms with Gasteiger partial charge in [0.25, 0.3) is 0 Å². The lowest BCUT2D eigenvalue weighted by Crippen LogP contribution is -2.00. The number of nitro benzene ring substituents is 1. The fraction of sp³-hybridized carbons (Fsp3) is 0.125. The first-order valence-corrected chi connectivity index (χ1v) is 7.09. The van der Waals surface area contributed by atoms with Gasteiger partial charge in [-0.3, -0.25) is 15.2 Å². The Morgan fingerprint density at radius 3 is 2.83 bits per heavy atom. The van der Waals surface area contributed by atoms with Crippen LogP contribution in [0.3, 0.4) is 0 Å². The number of hydrogen-bond acceptors (Lipinski definition) is 6. The Balaban J connectivity index is 1.74. The van der Waals surface area contributed by atoms with Crippen molar-refractivity contribution in [1.29, 1.82) is 0 Å². The van der Waals surface area contributed by atoms with Crippen molar-refractivity contribution in [2.75, 3.05) is 7.11 Å². The van der Waals surface area contributed by atoms with E-state index in [0.717, 1.165) is 5.56 Å². The van der Waals surface area contributed by atoms with Gasteiger partial charge in [-0.25, -0.2) is 4.98 Å². The maximum absolute atomic E-state index is 11.0. The van der Waals surface area contributed by atoms with E-state index >= 15 is 0 Å². The number of para-hydroxylation sites is 2. The van der Waals surface area contributed by atoms with Gasteiger partial charge in [-0.15, -0.1) is 0 Å². The van der Waals surface area contributed by atoms with Crippen molar-refractivity contribution >= 4 is 5.69 Å². The summed E-state index contributed by atoms with van der Waals surface area (Å²) in [6.45, 7) is 0.0435. The van der Waals surface area contributed by atoms with Gasteiger partial charge in [0.1, 0.15) is 12.4 Å². The van der Waals surface area contributed by atoms with Gasteiger partial charge in [0.15, 0.2) is 17.4 Å². The first-order valence-electron chi connectivity index (χ1n) is 7.09. The Kier molecular flexibility index (Phi) is 4.37. The van der Waals surface area contributed by atoms with Gasteiger partial charge in [-0.1, -0.05) is 24.3 Å². The molecule has 1 heterocycles.